The highest BCUT2D eigenvalue weighted by Gasteiger charge is 2.30. The molecule has 0 saturated heterocycles. The van der Waals surface area contributed by atoms with Crippen molar-refractivity contribution in [2.75, 3.05) is 6.61 Å². The van der Waals surface area contributed by atoms with Crippen molar-refractivity contribution in [1.82, 2.24) is 5.32 Å². The number of esters is 1. The lowest BCUT2D eigenvalue weighted by atomic mass is 9.98. The molecule has 0 heterocycles. The van der Waals surface area contributed by atoms with Crippen LogP contribution in [0.15, 0.2) is 48.5 Å². The number of carbonyl (C=O) groups is 3. The molecule has 3 rings (SSSR count). The summed E-state index contributed by atoms with van der Waals surface area (Å²) in [5.41, 5.74) is 9.22. The Balaban J connectivity index is 1.51. The standard InChI is InChI=1S/C26H32N2O6/c1-26(2,3)34-24(31)21(27)13-8-14-22(23(29)30)28-25(32)33-15-20-18-11-6-4-9-16(18)17-10-5-7-12-19(17)20/h4-7,9-12,20-22H,8,13-15,27H2,1-3H3,(H,28,32)(H,29,30)/t21?,22-/m0/s1/i1D. The zero-order valence-corrected chi connectivity index (χ0v) is 19.5. The van der Waals surface area contributed by atoms with Crippen molar-refractivity contribution in [3.8, 4) is 11.1 Å². The molecule has 2 aromatic rings. The number of alkyl carbamates (subject to hydrolysis) is 1. The van der Waals surface area contributed by atoms with Crippen LogP contribution in [0.1, 0.15) is 58.4 Å². The number of hydrogen-bond donors (Lipinski definition) is 3. The van der Waals surface area contributed by atoms with E-state index >= 15 is 0 Å². The number of benzene rings is 2. The first-order valence-corrected chi connectivity index (χ1v) is 11.2. The molecule has 1 aliphatic carbocycles. The number of carboxylic acid groups (broad SMARTS) is 1. The largest absolute Gasteiger partial charge is 0.480 e. The SMILES string of the molecule is [2H]CC(C)(C)OC(=O)C(N)CCC[C@H](NC(=O)OCC1c2ccccc2-c2ccccc21)C(=O)O. The van der Waals surface area contributed by atoms with Crippen LogP contribution in [0.3, 0.4) is 0 Å². The fourth-order valence-electron chi connectivity index (χ4n) is 4.05. The topological polar surface area (TPSA) is 128 Å². The molecule has 2 atom stereocenters. The van der Waals surface area contributed by atoms with Crippen LogP contribution in [-0.4, -0.2) is 47.4 Å². The minimum atomic E-state index is -1.20. The predicted molar refractivity (Wildman–Crippen MR) is 127 cm³/mol. The van der Waals surface area contributed by atoms with Gasteiger partial charge < -0.3 is 25.6 Å². The molecule has 8 heteroatoms. The third-order valence-corrected chi connectivity index (χ3v) is 5.62. The zero-order chi connectivity index (χ0) is 25.6. The van der Waals surface area contributed by atoms with Gasteiger partial charge in [0.2, 0.25) is 0 Å². The van der Waals surface area contributed by atoms with Gasteiger partial charge in [0.25, 0.3) is 0 Å². The first-order chi connectivity index (χ1) is 16.6. The monoisotopic (exact) mass is 469 g/mol. The van der Waals surface area contributed by atoms with Crippen LogP contribution in [0.2, 0.25) is 0 Å². The predicted octanol–water partition coefficient (Wildman–Crippen LogP) is 3.82. The fourth-order valence-corrected chi connectivity index (χ4v) is 4.05. The fraction of sp³-hybridized carbons (Fsp3) is 0.423. The molecule has 0 spiro atoms. The molecule has 0 aliphatic heterocycles. The lowest BCUT2D eigenvalue weighted by Crippen LogP contribution is -2.42. The number of ether oxygens (including phenoxy) is 2. The lowest BCUT2D eigenvalue weighted by molar-refractivity contribution is -0.156. The maximum atomic E-state index is 12.4. The summed E-state index contributed by atoms with van der Waals surface area (Å²) in [5, 5.41) is 11.9. The number of hydrogen-bond acceptors (Lipinski definition) is 6. The van der Waals surface area contributed by atoms with E-state index in [9.17, 15) is 19.5 Å². The third-order valence-electron chi connectivity index (χ3n) is 5.62. The summed E-state index contributed by atoms with van der Waals surface area (Å²) in [5.74, 6) is -1.97. The summed E-state index contributed by atoms with van der Waals surface area (Å²) in [6.45, 7) is 3.21. The molecule has 4 N–H and O–H groups in total. The second-order valence-corrected chi connectivity index (χ2v) is 9.08. The van der Waals surface area contributed by atoms with E-state index in [1.165, 1.54) is 0 Å². The normalized spacial score (nSPS) is 14.9. The number of aliphatic carboxylic acids is 1. The van der Waals surface area contributed by atoms with E-state index in [1.54, 1.807) is 13.8 Å². The number of rotatable bonds is 9. The summed E-state index contributed by atoms with van der Waals surface area (Å²) >= 11 is 0. The molecule has 1 unspecified atom stereocenters. The Bertz CT molecular complexity index is 1030. The van der Waals surface area contributed by atoms with Crippen molar-refractivity contribution >= 4 is 18.0 Å². The number of carbonyl (C=O) groups excluding carboxylic acids is 2. The summed E-state index contributed by atoms with van der Waals surface area (Å²) in [7, 11) is 0. The van der Waals surface area contributed by atoms with E-state index in [4.69, 9.17) is 16.6 Å². The molecule has 34 heavy (non-hydrogen) atoms. The van der Waals surface area contributed by atoms with Crippen LogP contribution in [0, 0.1) is 0 Å². The van der Waals surface area contributed by atoms with Crippen molar-refractivity contribution in [3.63, 3.8) is 0 Å². The number of carboxylic acids is 1. The minimum Gasteiger partial charge on any atom is -0.480 e. The second-order valence-electron chi connectivity index (χ2n) is 9.08. The maximum absolute atomic E-state index is 12.4. The van der Waals surface area contributed by atoms with Crippen molar-refractivity contribution in [1.29, 1.82) is 0 Å². The van der Waals surface area contributed by atoms with Crippen LogP contribution in [0.4, 0.5) is 4.79 Å². The molecular formula is C26H32N2O6. The highest BCUT2D eigenvalue weighted by Crippen LogP contribution is 2.44. The van der Waals surface area contributed by atoms with E-state index in [0.29, 0.717) is 0 Å². The summed E-state index contributed by atoms with van der Waals surface area (Å²) in [6, 6.07) is 13.7. The smallest absolute Gasteiger partial charge is 0.407 e. The van der Waals surface area contributed by atoms with Crippen LogP contribution in [0.5, 0.6) is 0 Å². The Labute approximate surface area is 200 Å². The summed E-state index contributed by atoms with van der Waals surface area (Å²) in [6.07, 6.45) is -0.288. The molecule has 0 aromatic heterocycles. The van der Waals surface area contributed by atoms with Gasteiger partial charge in [-0.25, -0.2) is 9.59 Å². The number of fused-ring (bicyclic) bond motifs is 3. The van der Waals surface area contributed by atoms with Gasteiger partial charge in [-0.2, -0.15) is 0 Å². The number of nitrogens with one attached hydrogen (secondary N) is 1. The van der Waals surface area contributed by atoms with E-state index in [-0.39, 0.29) is 38.7 Å². The van der Waals surface area contributed by atoms with Crippen molar-refractivity contribution in [3.05, 3.63) is 59.7 Å². The summed E-state index contributed by atoms with van der Waals surface area (Å²) in [4.78, 5) is 36.1. The Morgan fingerprint density at radius 3 is 2.24 bits per heavy atom. The Hall–Kier alpha value is -3.39. The highest BCUT2D eigenvalue weighted by atomic mass is 16.6. The Morgan fingerprint density at radius 2 is 1.68 bits per heavy atom. The van der Waals surface area contributed by atoms with Crippen molar-refractivity contribution in [2.45, 2.75) is 63.6 Å². The van der Waals surface area contributed by atoms with Gasteiger partial charge in [-0.3, -0.25) is 4.79 Å². The summed E-state index contributed by atoms with van der Waals surface area (Å²) < 4.78 is 18.0. The number of amides is 1. The number of nitrogens with two attached hydrogens (primary N) is 1. The molecule has 0 bridgehead atoms. The molecule has 1 aliphatic rings. The minimum absolute atomic E-state index is 0.0718. The van der Waals surface area contributed by atoms with Crippen molar-refractivity contribution < 1.29 is 30.3 Å². The van der Waals surface area contributed by atoms with Gasteiger partial charge in [0.15, 0.2) is 0 Å². The van der Waals surface area contributed by atoms with Gasteiger partial charge in [-0.1, -0.05) is 48.5 Å². The zero-order valence-electron chi connectivity index (χ0n) is 20.5. The van der Waals surface area contributed by atoms with Gasteiger partial charge >= 0.3 is 18.0 Å². The molecule has 0 fully saturated rings. The Kier molecular flexibility index (Phi) is 7.47. The molecule has 8 nitrogen and oxygen atoms in total. The van der Waals surface area contributed by atoms with Gasteiger partial charge in [-0.15, -0.1) is 0 Å². The molecule has 1 amide bonds. The molecule has 0 saturated carbocycles. The lowest BCUT2D eigenvalue weighted by Gasteiger charge is -2.22. The second kappa shape index (κ2) is 10.7. The first-order valence-electron chi connectivity index (χ1n) is 12.0. The first kappa shape index (κ1) is 23.8. The highest BCUT2D eigenvalue weighted by molar-refractivity contribution is 5.81. The van der Waals surface area contributed by atoms with Gasteiger partial charge in [0, 0.05) is 7.29 Å². The maximum Gasteiger partial charge on any atom is 0.407 e. The third kappa shape index (κ3) is 6.35. The van der Waals surface area contributed by atoms with Crippen LogP contribution in [0.25, 0.3) is 11.1 Å². The van der Waals surface area contributed by atoms with E-state index in [1.807, 2.05) is 48.5 Å². The van der Waals surface area contributed by atoms with Gasteiger partial charge in [0.05, 0.1) is 0 Å². The molecule has 2 aromatic carbocycles. The van der Waals surface area contributed by atoms with E-state index in [0.717, 1.165) is 22.3 Å². The van der Waals surface area contributed by atoms with Gasteiger partial charge in [-0.05, 0) is 62.3 Å². The average molecular weight is 470 g/mol. The average Bonchev–Trinajstić information content (AvgIpc) is 3.15. The van der Waals surface area contributed by atoms with Gasteiger partial charge in [0.1, 0.15) is 24.3 Å². The molecule has 0 radical (unpaired) electrons. The van der Waals surface area contributed by atoms with Crippen LogP contribution >= 0.6 is 0 Å². The van der Waals surface area contributed by atoms with Crippen LogP contribution < -0.4 is 11.1 Å². The molecule has 182 valence electrons. The van der Waals surface area contributed by atoms with E-state index in [2.05, 4.69) is 5.32 Å². The quantitative estimate of drug-likeness (QED) is 0.476. The molecular weight excluding hydrogens is 436 g/mol. The van der Waals surface area contributed by atoms with E-state index < -0.39 is 35.7 Å². The Morgan fingerprint density at radius 1 is 1.09 bits per heavy atom. The van der Waals surface area contributed by atoms with Crippen LogP contribution in [-0.2, 0) is 19.1 Å². The van der Waals surface area contributed by atoms with Crippen molar-refractivity contribution in [2.24, 2.45) is 5.73 Å².